The first kappa shape index (κ1) is 12.0. The molecule has 84 valence electrons. The average Bonchev–Trinajstić information content (AvgIpc) is 1.98. The van der Waals surface area contributed by atoms with Crippen molar-refractivity contribution >= 4 is 0 Å². The van der Waals surface area contributed by atoms with Crippen LogP contribution in [0, 0.1) is 0 Å². The molecular formula is C11H23NO2. The van der Waals surface area contributed by atoms with Gasteiger partial charge in [0, 0.05) is 13.1 Å². The lowest BCUT2D eigenvalue weighted by Gasteiger charge is -2.36. The summed E-state index contributed by atoms with van der Waals surface area (Å²) in [5, 5.41) is 13.0. The molecule has 0 saturated heterocycles. The van der Waals surface area contributed by atoms with Crippen LogP contribution >= 0.6 is 0 Å². The molecule has 0 amide bonds. The molecule has 1 aliphatic carbocycles. The highest BCUT2D eigenvalue weighted by Gasteiger charge is 2.33. The molecule has 14 heavy (non-hydrogen) atoms. The first-order valence-electron chi connectivity index (χ1n) is 5.48. The summed E-state index contributed by atoms with van der Waals surface area (Å²) in [6, 6.07) is 0. The van der Waals surface area contributed by atoms with Gasteiger partial charge >= 0.3 is 0 Å². The van der Waals surface area contributed by atoms with Gasteiger partial charge in [-0.2, -0.15) is 0 Å². The number of rotatable bonds is 5. The van der Waals surface area contributed by atoms with E-state index in [4.69, 9.17) is 4.74 Å². The minimum absolute atomic E-state index is 0.0605. The maximum Gasteiger partial charge on any atom is 0.0771 e. The van der Waals surface area contributed by atoms with E-state index >= 15 is 0 Å². The van der Waals surface area contributed by atoms with Gasteiger partial charge in [0.2, 0.25) is 0 Å². The van der Waals surface area contributed by atoms with Crippen molar-refractivity contribution in [1.82, 2.24) is 5.32 Å². The Bertz CT molecular complexity index is 171. The summed E-state index contributed by atoms with van der Waals surface area (Å²) >= 11 is 0. The molecule has 0 unspecified atom stereocenters. The molecule has 0 atom stereocenters. The maximum absolute atomic E-state index is 9.77. The van der Waals surface area contributed by atoms with Gasteiger partial charge in [-0.25, -0.2) is 0 Å². The van der Waals surface area contributed by atoms with E-state index in [1.807, 2.05) is 20.8 Å². The predicted molar refractivity (Wildman–Crippen MR) is 57.4 cm³/mol. The Labute approximate surface area is 86.8 Å². The Morgan fingerprint density at radius 1 is 1.36 bits per heavy atom. The van der Waals surface area contributed by atoms with Crippen molar-refractivity contribution in [2.45, 2.75) is 51.2 Å². The molecule has 0 aromatic carbocycles. The summed E-state index contributed by atoms with van der Waals surface area (Å²) in [4.78, 5) is 0. The molecule has 0 aromatic heterocycles. The fourth-order valence-corrected chi connectivity index (χ4v) is 1.51. The van der Waals surface area contributed by atoms with Gasteiger partial charge in [-0.05, 0) is 40.0 Å². The van der Waals surface area contributed by atoms with E-state index < -0.39 is 5.60 Å². The fourth-order valence-electron chi connectivity index (χ4n) is 1.51. The number of ether oxygens (including phenoxy) is 1. The topological polar surface area (TPSA) is 41.5 Å². The number of hydrogen-bond donors (Lipinski definition) is 2. The van der Waals surface area contributed by atoms with E-state index in [1.165, 1.54) is 0 Å². The molecule has 1 aliphatic rings. The molecule has 0 radical (unpaired) electrons. The lowest BCUT2D eigenvalue weighted by Crippen LogP contribution is -2.47. The molecule has 2 N–H and O–H groups in total. The fraction of sp³-hybridized carbons (Fsp3) is 1.00. The molecule has 0 bridgehead atoms. The van der Waals surface area contributed by atoms with Crippen LogP contribution in [0.4, 0.5) is 0 Å². The third kappa shape index (κ3) is 4.40. The largest absolute Gasteiger partial charge is 0.389 e. The molecule has 0 aromatic rings. The Hall–Kier alpha value is -0.120. The van der Waals surface area contributed by atoms with Gasteiger partial charge in [0.05, 0.1) is 17.8 Å². The summed E-state index contributed by atoms with van der Waals surface area (Å²) < 4.78 is 5.55. The van der Waals surface area contributed by atoms with Crippen LogP contribution in [0.1, 0.15) is 40.0 Å². The molecule has 1 rings (SSSR count). The first-order chi connectivity index (χ1) is 6.41. The SMILES string of the molecule is CC(C)(C)OCCNCC1(O)CCC1. The van der Waals surface area contributed by atoms with E-state index in [1.54, 1.807) is 0 Å². The lowest BCUT2D eigenvalue weighted by molar-refractivity contribution is -0.0362. The molecule has 0 spiro atoms. The van der Waals surface area contributed by atoms with E-state index in [0.29, 0.717) is 13.2 Å². The van der Waals surface area contributed by atoms with Gasteiger partial charge in [-0.15, -0.1) is 0 Å². The summed E-state index contributed by atoms with van der Waals surface area (Å²) in [7, 11) is 0. The quantitative estimate of drug-likeness (QED) is 0.659. The van der Waals surface area contributed by atoms with Gasteiger partial charge in [0.25, 0.3) is 0 Å². The van der Waals surface area contributed by atoms with E-state index in [2.05, 4.69) is 5.32 Å². The zero-order valence-electron chi connectivity index (χ0n) is 9.60. The van der Waals surface area contributed by atoms with Crippen molar-refractivity contribution in [2.24, 2.45) is 0 Å². The van der Waals surface area contributed by atoms with Crippen LogP contribution in [-0.4, -0.2) is 36.0 Å². The second kappa shape index (κ2) is 4.60. The monoisotopic (exact) mass is 201 g/mol. The van der Waals surface area contributed by atoms with Crippen molar-refractivity contribution < 1.29 is 9.84 Å². The van der Waals surface area contributed by atoms with Gasteiger partial charge in [0.1, 0.15) is 0 Å². The normalized spacial score (nSPS) is 20.6. The molecule has 0 heterocycles. The lowest BCUT2D eigenvalue weighted by atomic mass is 9.80. The van der Waals surface area contributed by atoms with Crippen LogP contribution in [0.2, 0.25) is 0 Å². The van der Waals surface area contributed by atoms with Gasteiger partial charge in [-0.3, -0.25) is 0 Å². The van der Waals surface area contributed by atoms with Crippen LogP contribution in [0.25, 0.3) is 0 Å². The van der Waals surface area contributed by atoms with Gasteiger partial charge < -0.3 is 15.2 Å². The van der Waals surface area contributed by atoms with Crippen molar-refractivity contribution in [1.29, 1.82) is 0 Å². The van der Waals surface area contributed by atoms with Crippen LogP contribution in [0.15, 0.2) is 0 Å². The summed E-state index contributed by atoms with van der Waals surface area (Å²) in [6.45, 7) is 8.38. The molecule has 3 heteroatoms. The highest BCUT2D eigenvalue weighted by atomic mass is 16.5. The standard InChI is InChI=1S/C11H23NO2/c1-10(2,3)14-8-7-12-9-11(13)5-4-6-11/h12-13H,4-9H2,1-3H3. The zero-order chi connectivity index (χ0) is 10.7. The second-order valence-electron chi connectivity index (χ2n) is 5.22. The van der Waals surface area contributed by atoms with Crippen molar-refractivity contribution in [3.05, 3.63) is 0 Å². The zero-order valence-corrected chi connectivity index (χ0v) is 9.60. The van der Waals surface area contributed by atoms with Crippen molar-refractivity contribution in [3.8, 4) is 0 Å². The highest BCUT2D eigenvalue weighted by Crippen LogP contribution is 2.30. The Morgan fingerprint density at radius 3 is 2.43 bits per heavy atom. The van der Waals surface area contributed by atoms with Crippen LogP contribution in [0.5, 0.6) is 0 Å². The molecule has 3 nitrogen and oxygen atoms in total. The Kier molecular flexibility index (Phi) is 3.93. The van der Waals surface area contributed by atoms with Gasteiger partial charge in [-0.1, -0.05) is 0 Å². The number of nitrogens with one attached hydrogen (secondary N) is 1. The first-order valence-corrected chi connectivity index (χ1v) is 5.48. The smallest absolute Gasteiger partial charge is 0.0771 e. The van der Waals surface area contributed by atoms with E-state index in [9.17, 15) is 5.11 Å². The predicted octanol–water partition coefficient (Wildman–Crippen LogP) is 1.31. The summed E-state index contributed by atoms with van der Waals surface area (Å²) in [5.74, 6) is 0. The Morgan fingerprint density at radius 2 is 2.00 bits per heavy atom. The molecular weight excluding hydrogens is 178 g/mol. The van der Waals surface area contributed by atoms with Crippen LogP contribution < -0.4 is 5.32 Å². The van der Waals surface area contributed by atoms with Gasteiger partial charge in [0.15, 0.2) is 0 Å². The summed E-state index contributed by atoms with van der Waals surface area (Å²) in [6.07, 6.45) is 3.05. The van der Waals surface area contributed by atoms with Crippen molar-refractivity contribution in [3.63, 3.8) is 0 Å². The Balaban J connectivity index is 1.94. The minimum atomic E-state index is -0.415. The minimum Gasteiger partial charge on any atom is -0.389 e. The number of hydrogen-bond acceptors (Lipinski definition) is 3. The summed E-state index contributed by atoms with van der Waals surface area (Å²) in [5.41, 5.74) is -0.475. The van der Waals surface area contributed by atoms with Crippen molar-refractivity contribution in [2.75, 3.05) is 19.7 Å². The average molecular weight is 201 g/mol. The maximum atomic E-state index is 9.77. The van der Waals surface area contributed by atoms with Crippen LogP contribution in [0.3, 0.4) is 0 Å². The van der Waals surface area contributed by atoms with E-state index in [-0.39, 0.29) is 5.60 Å². The second-order valence-corrected chi connectivity index (χ2v) is 5.22. The van der Waals surface area contributed by atoms with E-state index in [0.717, 1.165) is 25.8 Å². The third-order valence-electron chi connectivity index (χ3n) is 2.55. The third-order valence-corrected chi connectivity index (χ3v) is 2.55. The van der Waals surface area contributed by atoms with Crippen LogP contribution in [-0.2, 0) is 4.74 Å². The molecule has 0 aliphatic heterocycles. The molecule has 1 saturated carbocycles. The molecule has 1 fully saturated rings. The number of aliphatic hydroxyl groups is 1. The highest BCUT2D eigenvalue weighted by molar-refractivity contribution is 4.89.